The van der Waals surface area contributed by atoms with E-state index in [1.165, 1.54) is 5.69 Å². The summed E-state index contributed by atoms with van der Waals surface area (Å²) in [5.74, 6) is 1.47. The molecule has 5 heteroatoms. The molecule has 2 rings (SSSR count). The molecule has 0 aliphatic carbocycles. The second-order valence-corrected chi connectivity index (χ2v) is 6.26. The van der Waals surface area contributed by atoms with Crippen molar-refractivity contribution in [3.05, 3.63) is 17.7 Å². The van der Waals surface area contributed by atoms with Crippen LogP contribution < -0.4 is 5.32 Å². The van der Waals surface area contributed by atoms with E-state index in [1.54, 1.807) is 0 Å². The SMILES string of the molecule is Cc1cnc(C2CCN(C(=O)NC(C)C)C2)n1C(C)C. The van der Waals surface area contributed by atoms with Gasteiger partial charge in [0.15, 0.2) is 0 Å². The average Bonchev–Trinajstić information content (AvgIpc) is 2.93. The van der Waals surface area contributed by atoms with Gasteiger partial charge >= 0.3 is 6.03 Å². The summed E-state index contributed by atoms with van der Waals surface area (Å²) in [5.41, 5.74) is 1.19. The van der Waals surface area contributed by atoms with Crippen LogP contribution in [0.25, 0.3) is 0 Å². The van der Waals surface area contributed by atoms with Crippen molar-refractivity contribution in [2.24, 2.45) is 0 Å². The average molecular weight is 278 g/mol. The van der Waals surface area contributed by atoms with Gasteiger partial charge in [-0.1, -0.05) is 0 Å². The summed E-state index contributed by atoms with van der Waals surface area (Å²) in [5, 5.41) is 2.96. The van der Waals surface area contributed by atoms with Crippen molar-refractivity contribution in [1.29, 1.82) is 0 Å². The number of imidazole rings is 1. The van der Waals surface area contributed by atoms with Crippen LogP contribution in [0.3, 0.4) is 0 Å². The smallest absolute Gasteiger partial charge is 0.317 e. The van der Waals surface area contributed by atoms with Gasteiger partial charge in [-0.25, -0.2) is 9.78 Å². The molecule has 2 heterocycles. The Morgan fingerprint density at radius 2 is 2.10 bits per heavy atom. The third kappa shape index (κ3) is 2.97. The lowest BCUT2D eigenvalue weighted by molar-refractivity contribution is 0.205. The van der Waals surface area contributed by atoms with E-state index >= 15 is 0 Å². The predicted octanol–water partition coefficient (Wildman–Crippen LogP) is 2.68. The molecule has 20 heavy (non-hydrogen) atoms. The van der Waals surface area contributed by atoms with E-state index in [1.807, 2.05) is 24.9 Å². The minimum Gasteiger partial charge on any atom is -0.336 e. The summed E-state index contributed by atoms with van der Waals surface area (Å²) in [7, 11) is 0. The van der Waals surface area contributed by atoms with Gasteiger partial charge < -0.3 is 14.8 Å². The standard InChI is InChI=1S/C15H26N4O/c1-10(2)17-15(20)18-7-6-13(9-18)14-16-8-12(5)19(14)11(3)4/h8,10-11,13H,6-7,9H2,1-5H3,(H,17,20). The van der Waals surface area contributed by atoms with Crippen LogP contribution in [-0.4, -0.2) is 39.6 Å². The van der Waals surface area contributed by atoms with Gasteiger partial charge in [-0.15, -0.1) is 0 Å². The second kappa shape index (κ2) is 5.85. The predicted molar refractivity (Wildman–Crippen MR) is 79.9 cm³/mol. The summed E-state index contributed by atoms with van der Waals surface area (Å²) < 4.78 is 2.29. The molecule has 1 aromatic rings. The molecule has 1 N–H and O–H groups in total. The van der Waals surface area contributed by atoms with Gasteiger partial charge in [-0.3, -0.25) is 0 Å². The highest BCUT2D eigenvalue weighted by atomic mass is 16.2. The maximum Gasteiger partial charge on any atom is 0.317 e. The van der Waals surface area contributed by atoms with E-state index in [0.29, 0.717) is 12.0 Å². The van der Waals surface area contributed by atoms with E-state index in [-0.39, 0.29) is 12.1 Å². The van der Waals surface area contributed by atoms with Crippen LogP contribution in [0, 0.1) is 6.92 Å². The molecule has 1 saturated heterocycles. The van der Waals surface area contributed by atoms with Crippen LogP contribution in [0.5, 0.6) is 0 Å². The van der Waals surface area contributed by atoms with Crippen molar-refractivity contribution >= 4 is 6.03 Å². The highest BCUT2D eigenvalue weighted by molar-refractivity contribution is 5.74. The molecule has 0 bridgehead atoms. The van der Waals surface area contributed by atoms with Crippen molar-refractivity contribution in [2.75, 3.05) is 13.1 Å². The fourth-order valence-electron chi connectivity index (χ4n) is 2.93. The lowest BCUT2D eigenvalue weighted by Crippen LogP contribution is -2.41. The van der Waals surface area contributed by atoms with Crippen LogP contribution >= 0.6 is 0 Å². The number of rotatable bonds is 3. The number of urea groups is 1. The quantitative estimate of drug-likeness (QED) is 0.924. The van der Waals surface area contributed by atoms with Crippen LogP contribution in [0.4, 0.5) is 4.79 Å². The van der Waals surface area contributed by atoms with Crippen molar-refractivity contribution in [1.82, 2.24) is 19.8 Å². The molecule has 0 radical (unpaired) electrons. The Labute approximate surface area is 121 Å². The number of hydrogen-bond acceptors (Lipinski definition) is 2. The van der Waals surface area contributed by atoms with Crippen molar-refractivity contribution in [2.45, 2.75) is 59.0 Å². The zero-order valence-electron chi connectivity index (χ0n) is 13.2. The highest BCUT2D eigenvalue weighted by Gasteiger charge is 2.31. The number of hydrogen-bond donors (Lipinski definition) is 1. The van der Waals surface area contributed by atoms with Gasteiger partial charge in [-0.2, -0.15) is 0 Å². The lowest BCUT2D eigenvalue weighted by Gasteiger charge is -2.20. The van der Waals surface area contributed by atoms with Gasteiger partial charge in [0.2, 0.25) is 0 Å². The molecule has 1 aliphatic heterocycles. The van der Waals surface area contributed by atoms with E-state index < -0.39 is 0 Å². The first kappa shape index (κ1) is 14.9. The number of carbonyl (C=O) groups excluding carboxylic acids is 1. The van der Waals surface area contributed by atoms with E-state index in [9.17, 15) is 4.79 Å². The van der Waals surface area contributed by atoms with Crippen LogP contribution in [0.2, 0.25) is 0 Å². The molecule has 0 spiro atoms. The zero-order valence-corrected chi connectivity index (χ0v) is 13.2. The second-order valence-electron chi connectivity index (χ2n) is 6.26. The molecule has 1 atom stereocenters. The maximum absolute atomic E-state index is 12.0. The molecule has 1 fully saturated rings. The molecular weight excluding hydrogens is 252 g/mol. The summed E-state index contributed by atoms with van der Waals surface area (Å²) in [6, 6.07) is 0.634. The number of nitrogens with one attached hydrogen (secondary N) is 1. The minimum atomic E-state index is 0.0434. The number of amides is 2. The summed E-state index contributed by atoms with van der Waals surface area (Å²) in [6.45, 7) is 12.0. The van der Waals surface area contributed by atoms with E-state index in [0.717, 1.165) is 25.3 Å². The summed E-state index contributed by atoms with van der Waals surface area (Å²) >= 11 is 0. The number of likely N-dealkylation sites (tertiary alicyclic amines) is 1. The van der Waals surface area contributed by atoms with E-state index in [2.05, 4.69) is 35.6 Å². The molecule has 0 saturated carbocycles. The van der Waals surface area contributed by atoms with Crippen molar-refractivity contribution < 1.29 is 4.79 Å². The molecule has 0 aromatic carbocycles. The monoisotopic (exact) mass is 278 g/mol. The molecule has 112 valence electrons. The lowest BCUT2D eigenvalue weighted by atomic mass is 10.1. The maximum atomic E-state index is 12.0. The number of nitrogens with zero attached hydrogens (tertiary/aromatic N) is 3. The Kier molecular flexibility index (Phi) is 4.35. The summed E-state index contributed by atoms with van der Waals surface area (Å²) in [4.78, 5) is 18.5. The molecule has 1 aromatic heterocycles. The molecule has 5 nitrogen and oxygen atoms in total. The topological polar surface area (TPSA) is 50.2 Å². The third-order valence-electron chi connectivity index (χ3n) is 3.78. The fraction of sp³-hybridized carbons (Fsp3) is 0.733. The Hall–Kier alpha value is -1.52. The van der Waals surface area contributed by atoms with Gasteiger partial charge in [0.05, 0.1) is 0 Å². The normalized spacial score (nSPS) is 19.1. The highest BCUT2D eigenvalue weighted by Crippen LogP contribution is 2.28. The van der Waals surface area contributed by atoms with Gasteiger partial charge in [0.1, 0.15) is 5.82 Å². The molecule has 2 amide bonds. The van der Waals surface area contributed by atoms with Crippen LogP contribution in [0.1, 0.15) is 57.6 Å². The van der Waals surface area contributed by atoms with Gasteiger partial charge in [0, 0.05) is 43.0 Å². The molecular formula is C15H26N4O. The number of carbonyl (C=O) groups is 1. The number of aromatic nitrogens is 2. The first-order valence-electron chi connectivity index (χ1n) is 7.49. The largest absolute Gasteiger partial charge is 0.336 e. The Morgan fingerprint density at radius 1 is 1.40 bits per heavy atom. The molecule has 1 unspecified atom stereocenters. The fourth-order valence-corrected chi connectivity index (χ4v) is 2.93. The van der Waals surface area contributed by atoms with Crippen LogP contribution in [0.15, 0.2) is 6.20 Å². The van der Waals surface area contributed by atoms with Gasteiger partial charge in [0.25, 0.3) is 0 Å². The Balaban J connectivity index is 2.08. The Bertz CT molecular complexity index is 478. The third-order valence-corrected chi connectivity index (χ3v) is 3.78. The first-order valence-corrected chi connectivity index (χ1v) is 7.49. The first-order chi connectivity index (χ1) is 9.40. The number of aryl methyl sites for hydroxylation is 1. The minimum absolute atomic E-state index is 0.0434. The van der Waals surface area contributed by atoms with Gasteiger partial charge in [-0.05, 0) is 41.0 Å². The Morgan fingerprint density at radius 3 is 2.70 bits per heavy atom. The van der Waals surface area contributed by atoms with E-state index in [4.69, 9.17) is 0 Å². The van der Waals surface area contributed by atoms with Crippen LogP contribution in [-0.2, 0) is 0 Å². The summed E-state index contributed by atoms with van der Waals surface area (Å²) in [6.07, 6.45) is 2.93. The van der Waals surface area contributed by atoms with Crippen molar-refractivity contribution in [3.63, 3.8) is 0 Å². The van der Waals surface area contributed by atoms with Crippen molar-refractivity contribution in [3.8, 4) is 0 Å². The zero-order chi connectivity index (χ0) is 14.9. The molecule has 1 aliphatic rings.